The minimum absolute atomic E-state index is 0.0478. The Morgan fingerprint density at radius 2 is 2.29 bits per heavy atom. The number of carbonyl (C=O) groups is 2. The molecule has 0 spiro atoms. The summed E-state index contributed by atoms with van der Waals surface area (Å²) in [7, 11) is 0. The van der Waals surface area contributed by atoms with Crippen molar-refractivity contribution in [3.05, 3.63) is 23.8 Å². The van der Waals surface area contributed by atoms with E-state index in [1.807, 2.05) is 13.0 Å². The molecule has 1 aliphatic heterocycles. The number of amides is 1. The van der Waals surface area contributed by atoms with Crippen LogP contribution < -0.4 is 5.32 Å². The molecule has 1 N–H and O–H groups in total. The monoisotopic (exact) mass is 333 g/mol. The predicted octanol–water partition coefficient (Wildman–Crippen LogP) is 3.26. The van der Waals surface area contributed by atoms with E-state index in [1.54, 1.807) is 12.1 Å². The number of carbonyl (C=O) groups excluding carboxylic acids is 2. The molecule has 1 aromatic carbocycles. The number of rotatable bonds is 2. The third kappa shape index (κ3) is 2.67. The van der Waals surface area contributed by atoms with E-state index in [2.05, 4.69) is 21.2 Å². The second kappa shape index (κ2) is 5.00. The van der Waals surface area contributed by atoms with Crippen molar-refractivity contribution in [3.8, 4) is 0 Å². The van der Waals surface area contributed by atoms with Crippen molar-refractivity contribution in [3.63, 3.8) is 0 Å². The first-order chi connectivity index (χ1) is 7.99. The van der Waals surface area contributed by atoms with Gasteiger partial charge in [0.2, 0.25) is 5.91 Å². The summed E-state index contributed by atoms with van der Waals surface area (Å²) in [6.45, 7) is 1.84. The largest absolute Gasteiger partial charge is 0.324 e. The molecule has 0 aliphatic carbocycles. The van der Waals surface area contributed by atoms with Crippen molar-refractivity contribution in [2.75, 3.05) is 5.32 Å². The highest BCUT2D eigenvalue weighted by Gasteiger charge is 2.24. The molecule has 2 unspecified atom stereocenters. The van der Waals surface area contributed by atoms with Crippen molar-refractivity contribution < 1.29 is 9.59 Å². The lowest BCUT2D eigenvalue weighted by Gasteiger charge is -2.21. The zero-order valence-electron chi connectivity index (χ0n) is 8.87. The van der Waals surface area contributed by atoms with Gasteiger partial charge in [-0.2, -0.15) is 0 Å². The summed E-state index contributed by atoms with van der Waals surface area (Å²) in [6.07, 6.45) is 0. The molecule has 1 aromatic rings. The standard InChI is InChI=1S/C11H9BrClNO2S/c1-5-11(16)14-7-4-6(9(15)10(12)13)2-3-8(7)17-5/h2-5,10H,1H3,(H,14,16). The van der Waals surface area contributed by atoms with E-state index in [-0.39, 0.29) is 16.9 Å². The maximum atomic E-state index is 11.7. The van der Waals surface area contributed by atoms with Crippen LogP contribution in [0.1, 0.15) is 17.3 Å². The Bertz CT molecular complexity index is 492. The summed E-state index contributed by atoms with van der Waals surface area (Å²) < 4.78 is -0.744. The molecule has 0 saturated carbocycles. The number of halogens is 2. The Labute approximate surface area is 116 Å². The normalized spacial score (nSPS) is 20.4. The molecular weight excluding hydrogens is 326 g/mol. The van der Waals surface area contributed by atoms with Crippen LogP contribution in [0.25, 0.3) is 0 Å². The Kier molecular flexibility index (Phi) is 3.80. The van der Waals surface area contributed by atoms with Gasteiger partial charge in [-0.15, -0.1) is 23.4 Å². The topological polar surface area (TPSA) is 46.2 Å². The predicted molar refractivity (Wildman–Crippen MR) is 73.3 cm³/mol. The lowest BCUT2D eigenvalue weighted by atomic mass is 10.1. The molecule has 0 fully saturated rings. The van der Waals surface area contributed by atoms with E-state index >= 15 is 0 Å². The summed E-state index contributed by atoms with van der Waals surface area (Å²) >= 11 is 10.2. The fourth-order valence-corrected chi connectivity index (χ4v) is 2.81. The Morgan fingerprint density at radius 3 is 2.94 bits per heavy atom. The SMILES string of the molecule is CC1Sc2ccc(C(=O)C(Cl)Br)cc2NC1=O. The number of hydrogen-bond acceptors (Lipinski definition) is 3. The summed E-state index contributed by atoms with van der Waals surface area (Å²) in [5.74, 6) is -0.263. The molecule has 0 bridgehead atoms. The zero-order valence-corrected chi connectivity index (χ0v) is 12.0. The third-order valence-electron chi connectivity index (χ3n) is 2.39. The van der Waals surface area contributed by atoms with Crippen molar-refractivity contribution in [2.24, 2.45) is 0 Å². The quantitative estimate of drug-likeness (QED) is 0.667. The number of nitrogens with one attached hydrogen (secondary N) is 1. The number of fused-ring (bicyclic) bond motifs is 1. The molecule has 0 radical (unpaired) electrons. The van der Waals surface area contributed by atoms with Gasteiger partial charge in [-0.25, -0.2) is 0 Å². The Hall–Kier alpha value is -0.520. The number of ketones is 1. The van der Waals surface area contributed by atoms with Crippen LogP contribution in [0.4, 0.5) is 5.69 Å². The Balaban J connectivity index is 2.35. The smallest absolute Gasteiger partial charge is 0.237 e. The van der Waals surface area contributed by atoms with Gasteiger partial charge in [0.25, 0.3) is 0 Å². The van der Waals surface area contributed by atoms with Gasteiger partial charge in [0, 0.05) is 10.5 Å². The van der Waals surface area contributed by atoms with Gasteiger partial charge < -0.3 is 5.32 Å². The zero-order chi connectivity index (χ0) is 12.6. The molecule has 0 saturated heterocycles. The molecule has 90 valence electrons. The van der Waals surface area contributed by atoms with Gasteiger partial charge in [-0.05, 0) is 19.1 Å². The van der Waals surface area contributed by atoms with Crippen molar-refractivity contribution in [1.82, 2.24) is 0 Å². The molecule has 1 amide bonds. The van der Waals surface area contributed by atoms with Gasteiger partial charge >= 0.3 is 0 Å². The maximum Gasteiger partial charge on any atom is 0.237 e. The highest BCUT2D eigenvalue weighted by atomic mass is 79.9. The second-order valence-corrected chi connectivity index (χ2v) is 6.89. The first kappa shape index (κ1) is 12.9. The highest BCUT2D eigenvalue weighted by molar-refractivity contribution is 9.10. The lowest BCUT2D eigenvalue weighted by Crippen LogP contribution is -2.26. The minimum atomic E-state index is -0.744. The fraction of sp³-hybridized carbons (Fsp3) is 0.273. The first-order valence-electron chi connectivity index (χ1n) is 4.93. The van der Waals surface area contributed by atoms with Crippen LogP contribution in [-0.4, -0.2) is 21.2 Å². The maximum absolute atomic E-state index is 11.7. The van der Waals surface area contributed by atoms with Crippen LogP contribution in [0.15, 0.2) is 23.1 Å². The van der Waals surface area contributed by atoms with Gasteiger partial charge in [-0.1, -0.05) is 22.0 Å². The molecule has 2 rings (SSSR count). The van der Waals surface area contributed by atoms with Crippen LogP contribution in [0.5, 0.6) is 0 Å². The summed E-state index contributed by atoms with van der Waals surface area (Å²) in [5, 5.41) is 2.66. The molecule has 0 aromatic heterocycles. The number of anilines is 1. The molecule has 17 heavy (non-hydrogen) atoms. The van der Waals surface area contributed by atoms with E-state index in [1.165, 1.54) is 11.8 Å². The second-order valence-electron chi connectivity index (χ2n) is 3.63. The van der Waals surface area contributed by atoms with Crippen LogP contribution in [0, 0.1) is 0 Å². The molecule has 6 heteroatoms. The average molecular weight is 335 g/mol. The number of thioether (sulfide) groups is 1. The number of alkyl halides is 2. The molecular formula is C11H9BrClNO2S. The van der Waals surface area contributed by atoms with Gasteiger partial charge in [0.1, 0.15) is 0 Å². The van der Waals surface area contributed by atoms with Crippen molar-refractivity contribution in [2.45, 2.75) is 21.4 Å². The lowest BCUT2D eigenvalue weighted by molar-refractivity contribution is -0.115. The van der Waals surface area contributed by atoms with Crippen LogP contribution in [-0.2, 0) is 4.79 Å². The molecule has 2 atom stereocenters. The van der Waals surface area contributed by atoms with Gasteiger partial charge in [0.05, 0.1) is 10.9 Å². The van der Waals surface area contributed by atoms with Crippen LogP contribution >= 0.6 is 39.3 Å². The van der Waals surface area contributed by atoms with E-state index in [0.717, 1.165) is 4.90 Å². The minimum Gasteiger partial charge on any atom is -0.324 e. The number of hydrogen-bond donors (Lipinski definition) is 1. The van der Waals surface area contributed by atoms with Crippen LogP contribution in [0.2, 0.25) is 0 Å². The first-order valence-corrected chi connectivity index (χ1v) is 7.16. The van der Waals surface area contributed by atoms with Crippen molar-refractivity contribution >= 4 is 56.7 Å². The van der Waals surface area contributed by atoms with Crippen LogP contribution in [0.3, 0.4) is 0 Å². The Morgan fingerprint density at radius 1 is 1.59 bits per heavy atom. The summed E-state index contributed by atoms with van der Waals surface area (Å²) in [4.78, 5) is 24.2. The summed E-state index contributed by atoms with van der Waals surface area (Å²) in [6, 6.07) is 5.20. The third-order valence-corrected chi connectivity index (χ3v) is 4.18. The molecule has 1 heterocycles. The van der Waals surface area contributed by atoms with E-state index < -0.39 is 4.29 Å². The average Bonchev–Trinajstić information content (AvgIpc) is 2.29. The number of benzene rings is 1. The highest BCUT2D eigenvalue weighted by Crippen LogP contribution is 2.36. The molecule has 3 nitrogen and oxygen atoms in total. The fourth-order valence-electron chi connectivity index (χ4n) is 1.49. The molecule has 1 aliphatic rings. The van der Waals surface area contributed by atoms with E-state index in [4.69, 9.17) is 11.6 Å². The van der Waals surface area contributed by atoms with Gasteiger partial charge in [-0.3, -0.25) is 9.59 Å². The summed E-state index contributed by atoms with van der Waals surface area (Å²) in [5.41, 5.74) is 1.16. The van der Waals surface area contributed by atoms with E-state index in [0.29, 0.717) is 11.3 Å². The number of Topliss-reactive ketones (excluding diaryl/α,β-unsaturated/α-hetero) is 1. The van der Waals surface area contributed by atoms with E-state index in [9.17, 15) is 9.59 Å². The van der Waals surface area contributed by atoms with Gasteiger partial charge in [0.15, 0.2) is 10.1 Å². The van der Waals surface area contributed by atoms with Crippen molar-refractivity contribution in [1.29, 1.82) is 0 Å².